The smallest absolute Gasteiger partial charge is 0.346 e. The molecule has 3 nitrogen and oxygen atoms in total. The van der Waals surface area contributed by atoms with E-state index in [1.54, 1.807) is 0 Å². The monoisotopic (exact) mass is 313 g/mol. The molecule has 0 saturated heterocycles. The average molecular weight is 314 g/mol. The Labute approximate surface area is 124 Å². The number of nitrogens with zero attached hydrogens (tertiary/aromatic N) is 2. The van der Waals surface area contributed by atoms with Crippen LogP contribution < -0.4 is 5.32 Å². The van der Waals surface area contributed by atoms with Gasteiger partial charge in [-0.1, -0.05) is 24.3 Å². The van der Waals surface area contributed by atoms with E-state index in [1.807, 2.05) is 24.3 Å². The Morgan fingerprint density at radius 2 is 1.95 bits per heavy atom. The van der Waals surface area contributed by atoms with Crippen LogP contribution in [0, 0.1) is 0 Å². The van der Waals surface area contributed by atoms with Crippen LogP contribution in [0.5, 0.6) is 0 Å². The molecule has 2 aromatic rings. The lowest BCUT2D eigenvalue weighted by Gasteiger charge is -2.18. The quantitative estimate of drug-likeness (QED) is 0.857. The molecule has 1 aliphatic rings. The fourth-order valence-corrected chi connectivity index (χ4v) is 2.80. The van der Waals surface area contributed by atoms with Gasteiger partial charge in [0, 0.05) is 6.20 Å². The Morgan fingerprint density at radius 3 is 2.71 bits per heavy atom. The van der Waals surface area contributed by atoms with Crippen LogP contribution in [0.4, 0.5) is 19.1 Å². The van der Waals surface area contributed by atoms with Gasteiger partial charge in [-0.2, -0.15) is 13.2 Å². The molecule has 0 fully saturated rings. The summed E-state index contributed by atoms with van der Waals surface area (Å²) in [5, 5.41) is 2.66. The number of aromatic nitrogens is 2. The van der Waals surface area contributed by atoms with Gasteiger partial charge in [-0.25, -0.2) is 9.97 Å². The van der Waals surface area contributed by atoms with E-state index in [2.05, 4.69) is 15.3 Å². The van der Waals surface area contributed by atoms with Gasteiger partial charge in [0.15, 0.2) is 0 Å². The third kappa shape index (κ3) is 2.81. The van der Waals surface area contributed by atoms with Crippen molar-refractivity contribution >= 4 is 17.5 Å². The van der Waals surface area contributed by atoms with Crippen LogP contribution in [-0.2, 0) is 12.6 Å². The third-order valence-corrected chi connectivity index (χ3v) is 3.80. The zero-order valence-corrected chi connectivity index (χ0v) is 11.5. The summed E-state index contributed by atoms with van der Waals surface area (Å²) in [6.45, 7) is 0. The molecule has 0 bridgehead atoms. The van der Waals surface area contributed by atoms with Gasteiger partial charge >= 0.3 is 6.18 Å². The second-order valence-corrected chi connectivity index (χ2v) is 5.36. The molecule has 3 rings (SSSR count). The van der Waals surface area contributed by atoms with Crippen LogP contribution in [0.3, 0.4) is 0 Å². The number of rotatable bonds is 2. The van der Waals surface area contributed by atoms with E-state index in [0.717, 1.165) is 23.4 Å². The maximum atomic E-state index is 12.7. The first-order valence-corrected chi connectivity index (χ1v) is 6.77. The molecule has 2 unspecified atom stereocenters. The van der Waals surface area contributed by atoms with Crippen molar-refractivity contribution in [1.82, 2.24) is 9.97 Å². The molecule has 2 atom stereocenters. The first kappa shape index (κ1) is 14.1. The molecule has 1 aromatic carbocycles. The predicted molar refractivity (Wildman–Crippen MR) is 73.2 cm³/mol. The van der Waals surface area contributed by atoms with Gasteiger partial charge in [0.05, 0.1) is 11.4 Å². The minimum absolute atomic E-state index is 0.0721. The lowest BCUT2D eigenvalue weighted by atomic mass is 10.1. The highest BCUT2D eigenvalue weighted by molar-refractivity contribution is 6.21. The second kappa shape index (κ2) is 5.18. The van der Waals surface area contributed by atoms with Gasteiger partial charge in [0.1, 0.15) is 5.69 Å². The van der Waals surface area contributed by atoms with Crippen LogP contribution >= 0.6 is 11.6 Å². The van der Waals surface area contributed by atoms with E-state index in [1.165, 1.54) is 0 Å². The van der Waals surface area contributed by atoms with Gasteiger partial charge in [-0.3, -0.25) is 0 Å². The topological polar surface area (TPSA) is 37.8 Å². The van der Waals surface area contributed by atoms with Crippen molar-refractivity contribution < 1.29 is 13.2 Å². The van der Waals surface area contributed by atoms with Crippen molar-refractivity contribution in [1.29, 1.82) is 0 Å². The first-order valence-electron chi connectivity index (χ1n) is 6.34. The average Bonchev–Trinajstić information content (AvgIpc) is 2.75. The van der Waals surface area contributed by atoms with Gasteiger partial charge in [0.25, 0.3) is 0 Å². The summed E-state index contributed by atoms with van der Waals surface area (Å²) in [4.78, 5) is 7.35. The molecule has 21 heavy (non-hydrogen) atoms. The maximum absolute atomic E-state index is 12.7. The number of halogens is 4. The van der Waals surface area contributed by atoms with Crippen molar-refractivity contribution in [2.75, 3.05) is 5.32 Å². The van der Waals surface area contributed by atoms with Crippen molar-refractivity contribution in [3.8, 4) is 0 Å². The second-order valence-electron chi connectivity index (χ2n) is 4.80. The maximum Gasteiger partial charge on any atom is 0.433 e. The van der Waals surface area contributed by atoms with Crippen molar-refractivity contribution in [3.63, 3.8) is 0 Å². The molecule has 0 aliphatic heterocycles. The van der Waals surface area contributed by atoms with E-state index < -0.39 is 11.9 Å². The van der Waals surface area contributed by atoms with E-state index in [0.29, 0.717) is 6.42 Å². The van der Waals surface area contributed by atoms with Gasteiger partial charge in [-0.05, 0) is 23.6 Å². The van der Waals surface area contributed by atoms with Crippen LogP contribution in [0.2, 0.25) is 0 Å². The van der Waals surface area contributed by atoms with Gasteiger partial charge < -0.3 is 5.32 Å². The number of fused-ring (bicyclic) bond motifs is 1. The molecule has 0 amide bonds. The summed E-state index contributed by atoms with van der Waals surface area (Å²) in [5.74, 6) is -0.0721. The zero-order valence-electron chi connectivity index (χ0n) is 10.7. The molecular formula is C14H11ClF3N3. The summed E-state index contributed by atoms with van der Waals surface area (Å²) in [6.07, 6.45) is -2.75. The molecule has 1 aromatic heterocycles. The zero-order chi connectivity index (χ0) is 15.0. The Morgan fingerprint density at radius 1 is 1.19 bits per heavy atom. The van der Waals surface area contributed by atoms with Gasteiger partial charge in [0.2, 0.25) is 5.95 Å². The fraction of sp³-hybridized carbons (Fsp3) is 0.286. The molecule has 110 valence electrons. The Hall–Kier alpha value is -1.82. The summed E-state index contributed by atoms with van der Waals surface area (Å²) in [6, 6.07) is 8.18. The molecule has 0 radical (unpaired) electrons. The minimum Gasteiger partial charge on any atom is -0.346 e. The summed E-state index contributed by atoms with van der Waals surface area (Å²) in [5.41, 5.74) is 1.08. The Balaban J connectivity index is 1.88. The van der Waals surface area contributed by atoms with Crippen LogP contribution in [-0.4, -0.2) is 15.3 Å². The number of nitrogens with one attached hydrogen (secondary N) is 1. The van der Waals surface area contributed by atoms with Crippen molar-refractivity contribution in [2.45, 2.75) is 24.0 Å². The lowest BCUT2D eigenvalue weighted by molar-refractivity contribution is -0.141. The number of anilines is 1. The number of benzene rings is 1. The first-order chi connectivity index (χ1) is 9.95. The number of hydrogen-bond donors (Lipinski definition) is 1. The molecular weight excluding hydrogens is 303 g/mol. The number of alkyl halides is 4. The SMILES string of the molecule is FC(F)(F)c1ccnc(NC2c3ccccc3CC2Cl)n1. The van der Waals surface area contributed by atoms with Crippen molar-refractivity contribution in [3.05, 3.63) is 53.3 Å². The summed E-state index contributed by atoms with van der Waals surface area (Å²) >= 11 is 6.28. The van der Waals surface area contributed by atoms with E-state index in [4.69, 9.17) is 11.6 Å². The van der Waals surface area contributed by atoms with Crippen LogP contribution in [0.15, 0.2) is 36.5 Å². The molecule has 7 heteroatoms. The number of hydrogen-bond acceptors (Lipinski definition) is 3. The highest BCUT2D eigenvalue weighted by atomic mass is 35.5. The molecule has 0 saturated carbocycles. The lowest BCUT2D eigenvalue weighted by Crippen LogP contribution is -2.19. The molecule has 1 aliphatic carbocycles. The largest absolute Gasteiger partial charge is 0.433 e. The van der Waals surface area contributed by atoms with Gasteiger partial charge in [-0.15, -0.1) is 11.6 Å². The van der Waals surface area contributed by atoms with E-state index >= 15 is 0 Å². The fourth-order valence-electron chi connectivity index (χ4n) is 2.44. The Bertz CT molecular complexity index is 660. The van der Waals surface area contributed by atoms with Crippen molar-refractivity contribution in [2.24, 2.45) is 0 Å². The summed E-state index contributed by atoms with van der Waals surface area (Å²) in [7, 11) is 0. The standard InChI is InChI=1S/C14H11ClF3N3/c15-10-7-8-3-1-2-4-9(8)12(10)21-13-19-6-5-11(20-13)14(16,17)18/h1-6,10,12H,7H2,(H,19,20,21). The predicted octanol–water partition coefficient (Wildman–Crippen LogP) is 3.81. The molecule has 1 heterocycles. The minimum atomic E-state index is -4.49. The van der Waals surface area contributed by atoms with E-state index in [9.17, 15) is 13.2 Å². The van der Waals surface area contributed by atoms with Crippen LogP contribution in [0.1, 0.15) is 22.9 Å². The highest BCUT2D eigenvalue weighted by Crippen LogP contribution is 2.37. The molecule has 1 N–H and O–H groups in total. The Kier molecular flexibility index (Phi) is 3.49. The third-order valence-electron chi connectivity index (χ3n) is 3.40. The normalized spacial score (nSPS) is 21.1. The highest BCUT2D eigenvalue weighted by Gasteiger charge is 2.34. The van der Waals surface area contributed by atoms with E-state index in [-0.39, 0.29) is 17.4 Å². The summed E-state index contributed by atoms with van der Waals surface area (Å²) < 4.78 is 38.0. The molecule has 0 spiro atoms. The van der Waals surface area contributed by atoms with Crippen LogP contribution in [0.25, 0.3) is 0 Å².